The quantitative estimate of drug-likeness (QED) is 0.531. The van der Waals surface area contributed by atoms with Gasteiger partial charge in [0.2, 0.25) is 6.10 Å². The van der Waals surface area contributed by atoms with E-state index in [-0.39, 0.29) is 17.0 Å². The Morgan fingerprint density at radius 3 is 2.71 bits per heavy atom. The molecule has 8 nitrogen and oxygen atoms in total. The first-order valence-electron chi connectivity index (χ1n) is 10.5. The van der Waals surface area contributed by atoms with E-state index in [2.05, 4.69) is 15.6 Å². The number of nitrogens with zero attached hydrogens (tertiary/aromatic N) is 3. The van der Waals surface area contributed by atoms with Crippen molar-refractivity contribution < 1.29 is 23.5 Å². The van der Waals surface area contributed by atoms with Gasteiger partial charge in [0, 0.05) is 6.42 Å². The second-order valence-electron chi connectivity index (χ2n) is 7.81. The van der Waals surface area contributed by atoms with Crippen LogP contribution in [0.2, 0.25) is 5.02 Å². The number of amides is 1. The third kappa shape index (κ3) is 4.56. The molecule has 0 fully saturated rings. The van der Waals surface area contributed by atoms with Gasteiger partial charge in [0.1, 0.15) is 5.82 Å². The largest absolute Gasteiger partial charge is 0.493 e. The number of ether oxygens (including phenoxy) is 2. The number of anilines is 1. The molecule has 178 valence electrons. The van der Waals surface area contributed by atoms with E-state index < -0.39 is 17.8 Å². The lowest BCUT2D eigenvalue weighted by Gasteiger charge is -2.12. The molecule has 1 aliphatic heterocycles. The molecule has 0 saturated heterocycles. The Balaban J connectivity index is 1.47. The van der Waals surface area contributed by atoms with E-state index in [4.69, 9.17) is 25.9 Å². The van der Waals surface area contributed by atoms with E-state index in [1.54, 1.807) is 25.0 Å². The van der Waals surface area contributed by atoms with Crippen LogP contribution in [-0.2, 0) is 16.2 Å². The van der Waals surface area contributed by atoms with Crippen LogP contribution in [0, 0.1) is 19.7 Å². The molecule has 1 unspecified atom stereocenters. The van der Waals surface area contributed by atoms with Gasteiger partial charge in [-0.2, -0.15) is 5.10 Å². The van der Waals surface area contributed by atoms with E-state index in [0.29, 0.717) is 35.1 Å². The van der Waals surface area contributed by atoms with Crippen molar-refractivity contribution in [2.24, 2.45) is 5.16 Å². The summed E-state index contributed by atoms with van der Waals surface area (Å²) in [6.07, 6.45) is -0.802. The Bertz CT molecular complexity index is 1250. The highest BCUT2D eigenvalue weighted by Gasteiger charge is 2.32. The third-order valence-electron chi connectivity index (χ3n) is 5.62. The maximum absolute atomic E-state index is 14.2. The van der Waals surface area contributed by atoms with Crippen LogP contribution in [0.1, 0.15) is 28.9 Å². The summed E-state index contributed by atoms with van der Waals surface area (Å²) in [6.45, 7) is 4.15. The molecule has 1 atom stereocenters. The average molecular weight is 487 g/mol. The highest BCUT2D eigenvalue weighted by Crippen LogP contribution is 2.29. The number of carbonyl (C=O) groups excluding carboxylic acids is 1. The highest BCUT2D eigenvalue weighted by atomic mass is 35.5. The number of rotatable bonds is 7. The van der Waals surface area contributed by atoms with E-state index in [9.17, 15) is 9.18 Å². The van der Waals surface area contributed by atoms with Gasteiger partial charge in [-0.15, -0.1) is 0 Å². The molecular formula is C24H24ClFN4O4. The number of aryl methyl sites for hydroxylation is 1. The molecule has 1 aliphatic rings. The van der Waals surface area contributed by atoms with Gasteiger partial charge in [0.25, 0.3) is 5.91 Å². The monoisotopic (exact) mass is 486 g/mol. The Labute approximate surface area is 201 Å². The lowest BCUT2D eigenvalue weighted by atomic mass is 10.0. The Kier molecular flexibility index (Phi) is 6.74. The summed E-state index contributed by atoms with van der Waals surface area (Å²) in [4.78, 5) is 18.2. The van der Waals surface area contributed by atoms with Crippen molar-refractivity contribution in [2.45, 2.75) is 32.9 Å². The van der Waals surface area contributed by atoms with Crippen molar-refractivity contribution >= 4 is 28.9 Å². The van der Waals surface area contributed by atoms with Gasteiger partial charge in [0.15, 0.2) is 11.5 Å². The number of carbonyl (C=O) groups is 1. The minimum absolute atomic E-state index is 0.102. The standard InChI is InChI=1S/C24H24ClFN4O4/c1-13-23(14(2)30(28-13)12-15-8-9-19(32-3)20(10-15)33-4)27-24(31)21-11-18(29-34-21)22-16(25)6-5-7-17(22)26/h5-10,21H,11-12H2,1-4H3,(H,27,31). The lowest BCUT2D eigenvalue weighted by molar-refractivity contribution is -0.125. The van der Waals surface area contributed by atoms with Gasteiger partial charge in [-0.3, -0.25) is 9.48 Å². The number of hydrogen-bond acceptors (Lipinski definition) is 6. The second-order valence-corrected chi connectivity index (χ2v) is 8.22. The van der Waals surface area contributed by atoms with Gasteiger partial charge in [-0.05, 0) is 43.7 Å². The Morgan fingerprint density at radius 2 is 2.00 bits per heavy atom. The van der Waals surface area contributed by atoms with Crippen molar-refractivity contribution in [3.05, 3.63) is 69.8 Å². The van der Waals surface area contributed by atoms with Crippen LogP contribution >= 0.6 is 11.6 Å². The fourth-order valence-corrected chi connectivity index (χ4v) is 4.10. The van der Waals surface area contributed by atoms with Crippen LogP contribution in [0.25, 0.3) is 0 Å². The number of methoxy groups -OCH3 is 2. The first-order valence-corrected chi connectivity index (χ1v) is 10.9. The van der Waals surface area contributed by atoms with Gasteiger partial charge in [0.05, 0.1) is 54.1 Å². The second kappa shape index (κ2) is 9.72. The van der Waals surface area contributed by atoms with Gasteiger partial charge < -0.3 is 19.6 Å². The van der Waals surface area contributed by atoms with Crippen LogP contribution in [0.5, 0.6) is 11.5 Å². The van der Waals surface area contributed by atoms with Crippen LogP contribution in [0.15, 0.2) is 41.6 Å². The van der Waals surface area contributed by atoms with Crippen LogP contribution in [-0.4, -0.2) is 41.7 Å². The molecule has 0 spiro atoms. The first-order chi connectivity index (χ1) is 16.3. The fraction of sp³-hybridized carbons (Fsp3) is 0.292. The molecule has 0 bridgehead atoms. The predicted molar refractivity (Wildman–Crippen MR) is 126 cm³/mol. The zero-order valence-corrected chi connectivity index (χ0v) is 19.9. The normalized spacial score (nSPS) is 15.0. The summed E-state index contributed by atoms with van der Waals surface area (Å²) >= 11 is 6.11. The van der Waals surface area contributed by atoms with E-state index >= 15 is 0 Å². The zero-order chi connectivity index (χ0) is 24.4. The van der Waals surface area contributed by atoms with Crippen LogP contribution in [0.4, 0.5) is 10.1 Å². The van der Waals surface area contributed by atoms with Crippen molar-refractivity contribution in [3.8, 4) is 11.5 Å². The summed E-state index contributed by atoms with van der Waals surface area (Å²) < 4.78 is 26.7. The molecule has 0 aliphatic carbocycles. The van der Waals surface area contributed by atoms with Crippen molar-refractivity contribution in [1.29, 1.82) is 0 Å². The minimum Gasteiger partial charge on any atom is -0.493 e. The maximum Gasteiger partial charge on any atom is 0.268 e. The molecule has 2 aromatic carbocycles. The van der Waals surface area contributed by atoms with E-state index in [1.165, 1.54) is 12.1 Å². The SMILES string of the molecule is COc1ccc(Cn2nc(C)c(NC(=O)C3CC(c4c(F)cccc4Cl)=NO3)c2C)cc1OC. The molecule has 1 N–H and O–H groups in total. The van der Waals surface area contributed by atoms with Crippen LogP contribution in [0.3, 0.4) is 0 Å². The van der Waals surface area contributed by atoms with Gasteiger partial charge in [-0.1, -0.05) is 28.9 Å². The Hall–Kier alpha value is -3.59. The van der Waals surface area contributed by atoms with E-state index in [0.717, 1.165) is 11.3 Å². The van der Waals surface area contributed by atoms with Crippen molar-refractivity contribution in [1.82, 2.24) is 9.78 Å². The molecule has 2 heterocycles. The molecular weight excluding hydrogens is 463 g/mol. The minimum atomic E-state index is -0.904. The molecule has 10 heteroatoms. The summed E-state index contributed by atoms with van der Waals surface area (Å²) in [7, 11) is 3.17. The lowest BCUT2D eigenvalue weighted by Crippen LogP contribution is -2.28. The maximum atomic E-state index is 14.2. The topological polar surface area (TPSA) is 87.0 Å². The number of oxime groups is 1. The van der Waals surface area contributed by atoms with E-state index in [1.807, 2.05) is 32.0 Å². The number of nitrogens with one attached hydrogen (secondary N) is 1. The summed E-state index contributed by atoms with van der Waals surface area (Å²) in [5.41, 5.74) is 3.42. The number of benzene rings is 2. The average Bonchev–Trinajstić information content (AvgIpc) is 3.40. The molecule has 0 saturated carbocycles. The number of aromatic nitrogens is 2. The van der Waals surface area contributed by atoms with Crippen molar-refractivity contribution in [2.75, 3.05) is 19.5 Å². The van der Waals surface area contributed by atoms with Crippen molar-refractivity contribution in [3.63, 3.8) is 0 Å². The molecule has 0 radical (unpaired) electrons. The zero-order valence-electron chi connectivity index (χ0n) is 19.2. The third-order valence-corrected chi connectivity index (χ3v) is 5.94. The summed E-state index contributed by atoms with van der Waals surface area (Å²) in [5, 5.41) is 11.5. The first kappa shape index (κ1) is 23.6. The highest BCUT2D eigenvalue weighted by molar-refractivity contribution is 6.34. The number of halogens is 2. The summed E-state index contributed by atoms with van der Waals surface area (Å²) in [6, 6.07) is 10.0. The number of hydrogen-bond donors (Lipinski definition) is 1. The molecule has 1 amide bonds. The molecule has 34 heavy (non-hydrogen) atoms. The Morgan fingerprint density at radius 1 is 1.24 bits per heavy atom. The smallest absolute Gasteiger partial charge is 0.268 e. The van der Waals surface area contributed by atoms with Gasteiger partial charge in [-0.25, -0.2) is 4.39 Å². The van der Waals surface area contributed by atoms with Crippen LogP contribution < -0.4 is 14.8 Å². The van der Waals surface area contributed by atoms with Gasteiger partial charge >= 0.3 is 0 Å². The molecule has 1 aromatic heterocycles. The molecule has 3 aromatic rings. The molecule has 4 rings (SSSR count). The predicted octanol–water partition coefficient (Wildman–Crippen LogP) is 4.49. The summed E-state index contributed by atoms with van der Waals surface area (Å²) in [5.74, 6) is 0.351. The fourth-order valence-electron chi connectivity index (χ4n) is 3.83.